The van der Waals surface area contributed by atoms with Crippen LogP contribution in [0.4, 0.5) is 0 Å². The van der Waals surface area contributed by atoms with Gasteiger partial charge in [-0.1, -0.05) is 38.5 Å². The number of rotatable bonds is 8. The fourth-order valence-electron chi connectivity index (χ4n) is 5.15. The Bertz CT molecular complexity index is 675. The average molecular weight is 387 g/mol. The van der Waals surface area contributed by atoms with Crippen LogP contribution in [0.3, 0.4) is 0 Å². The standard InChI is InChI=1S/C24H34O4/c1-27-23-15-12-20(16-24(23)28-2)22(26)14-13-21(25)19-9-5-8-18(10-11-19)17-6-3-4-7-17/h12,15-19H,3-11,13-14H2,1-2H3. The van der Waals surface area contributed by atoms with E-state index in [9.17, 15) is 9.59 Å². The first-order chi connectivity index (χ1) is 13.6. The van der Waals surface area contributed by atoms with Crippen molar-refractivity contribution in [3.05, 3.63) is 23.8 Å². The van der Waals surface area contributed by atoms with Crippen LogP contribution in [-0.4, -0.2) is 25.8 Å². The summed E-state index contributed by atoms with van der Waals surface area (Å²) in [7, 11) is 3.13. The van der Waals surface area contributed by atoms with Crippen LogP contribution in [0.5, 0.6) is 11.5 Å². The van der Waals surface area contributed by atoms with Gasteiger partial charge < -0.3 is 9.47 Å². The first-order valence-corrected chi connectivity index (χ1v) is 10.9. The monoisotopic (exact) mass is 386 g/mol. The predicted molar refractivity (Wildman–Crippen MR) is 110 cm³/mol. The number of ether oxygens (including phenoxy) is 2. The Morgan fingerprint density at radius 1 is 0.821 bits per heavy atom. The van der Waals surface area contributed by atoms with E-state index in [4.69, 9.17) is 9.47 Å². The van der Waals surface area contributed by atoms with Crippen molar-refractivity contribution in [2.75, 3.05) is 14.2 Å². The maximum absolute atomic E-state index is 12.7. The molecule has 4 nitrogen and oxygen atoms in total. The highest BCUT2D eigenvalue weighted by molar-refractivity contribution is 5.98. The van der Waals surface area contributed by atoms with E-state index in [1.807, 2.05) is 0 Å². The van der Waals surface area contributed by atoms with Crippen molar-refractivity contribution >= 4 is 11.6 Å². The summed E-state index contributed by atoms with van der Waals surface area (Å²) in [5.41, 5.74) is 0.576. The number of hydrogen-bond donors (Lipinski definition) is 0. The molecule has 2 aliphatic carbocycles. The lowest BCUT2D eigenvalue weighted by Gasteiger charge is -2.21. The van der Waals surface area contributed by atoms with Crippen LogP contribution >= 0.6 is 0 Å². The summed E-state index contributed by atoms with van der Waals surface area (Å²) in [6.45, 7) is 0. The van der Waals surface area contributed by atoms with E-state index in [1.54, 1.807) is 32.4 Å². The van der Waals surface area contributed by atoms with Crippen LogP contribution < -0.4 is 9.47 Å². The fraction of sp³-hybridized carbons (Fsp3) is 0.667. The van der Waals surface area contributed by atoms with Crippen LogP contribution in [0.15, 0.2) is 18.2 Å². The van der Waals surface area contributed by atoms with Gasteiger partial charge in [-0.15, -0.1) is 0 Å². The lowest BCUT2D eigenvalue weighted by atomic mass is 9.84. The molecule has 0 saturated heterocycles. The first kappa shape index (κ1) is 20.9. The van der Waals surface area contributed by atoms with Gasteiger partial charge in [-0.3, -0.25) is 9.59 Å². The van der Waals surface area contributed by atoms with Crippen LogP contribution in [0.2, 0.25) is 0 Å². The second-order valence-corrected chi connectivity index (χ2v) is 8.47. The van der Waals surface area contributed by atoms with E-state index >= 15 is 0 Å². The molecule has 1 aromatic rings. The molecule has 154 valence electrons. The largest absolute Gasteiger partial charge is 0.493 e. The lowest BCUT2D eigenvalue weighted by molar-refractivity contribution is -0.123. The summed E-state index contributed by atoms with van der Waals surface area (Å²) in [4.78, 5) is 25.3. The Kier molecular flexibility index (Phi) is 7.52. The maximum Gasteiger partial charge on any atom is 0.163 e. The highest BCUT2D eigenvalue weighted by atomic mass is 16.5. The van der Waals surface area contributed by atoms with Gasteiger partial charge in [0.05, 0.1) is 14.2 Å². The lowest BCUT2D eigenvalue weighted by Crippen LogP contribution is -2.16. The maximum atomic E-state index is 12.7. The zero-order valence-corrected chi connectivity index (χ0v) is 17.4. The Labute approximate surface area is 169 Å². The molecule has 0 N–H and O–H groups in total. The summed E-state index contributed by atoms with van der Waals surface area (Å²) in [5, 5.41) is 0. The third-order valence-electron chi connectivity index (χ3n) is 6.84. The quantitative estimate of drug-likeness (QED) is 0.430. The SMILES string of the molecule is COc1ccc(C(=O)CCC(=O)C2CCCC(C3CCCC3)CC2)cc1OC. The number of benzene rings is 1. The number of carbonyl (C=O) groups excluding carboxylic acids is 2. The van der Waals surface area contributed by atoms with Crippen molar-refractivity contribution in [1.82, 2.24) is 0 Å². The Hall–Kier alpha value is -1.84. The van der Waals surface area contributed by atoms with Crippen molar-refractivity contribution < 1.29 is 19.1 Å². The molecule has 0 spiro atoms. The van der Waals surface area contributed by atoms with E-state index in [-0.39, 0.29) is 23.9 Å². The summed E-state index contributed by atoms with van der Waals surface area (Å²) in [5.74, 6) is 3.30. The average Bonchev–Trinajstić information content (AvgIpc) is 3.15. The first-order valence-electron chi connectivity index (χ1n) is 10.9. The van der Waals surface area contributed by atoms with E-state index in [0.717, 1.165) is 24.7 Å². The molecular formula is C24H34O4. The zero-order valence-electron chi connectivity index (χ0n) is 17.4. The van der Waals surface area contributed by atoms with E-state index in [0.29, 0.717) is 23.5 Å². The molecule has 0 aromatic heterocycles. The van der Waals surface area contributed by atoms with Crippen molar-refractivity contribution in [1.29, 1.82) is 0 Å². The summed E-state index contributed by atoms with van der Waals surface area (Å²) in [6.07, 6.45) is 11.9. The molecule has 2 atom stereocenters. The molecule has 4 heteroatoms. The van der Waals surface area contributed by atoms with Gasteiger partial charge in [-0.2, -0.15) is 0 Å². The fourth-order valence-corrected chi connectivity index (χ4v) is 5.15. The summed E-state index contributed by atoms with van der Waals surface area (Å²) in [6, 6.07) is 5.18. The third-order valence-corrected chi connectivity index (χ3v) is 6.84. The van der Waals surface area contributed by atoms with Gasteiger partial charge in [0.15, 0.2) is 17.3 Å². The second-order valence-electron chi connectivity index (χ2n) is 8.47. The van der Waals surface area contributed by atoms with Gasteiger partial charge in [0.1, 0.15) is 5.78 Å². The highest BCUT2D eigenvalue weighted by Crippen LogP contribution is 2.40. The topological polar surface area (TPSA) is 52.6 Å². The smallest absolute Gasteiger partial charge is 0.163 e. The highest BCUT2D eigenvalue weighted by Gasteiger charge is 2.29. The number of hydrogen-bond acceptors (Lipinski definition) is 4. The Balaban J connectivity index is 1.50. The molecule has 2 saturated carbocycles. The molecule has 0 heterocycles. The second kappa shape index (κ2) is 10.1. The third kappa shape index (κ3) is 5.15. The van der Waals surface area contributed by atoms with Crippen molar-refractivity contribution in [3.8, 4) is 11.5 Å². The normalized spacial score (nSPS) is 23.2. The van der Waals surface area contributed by atoms with Crippen molar-refractivity contribution in [2.24, 2.45) is 17.8 Å². The molecule has 0 radical (unpaired) electrons. The summed E-state index contributed by atoms with van der Waals surface area (Å²) >= 11 is 0. The van der Waals surface area contributed by atoms with Gasteiger partial charge in [0.25, 0.3) is 0 Å². The van der Waals surface area contributed by atoms with Crippen LogP contribution in [0.25, 0.3) is 0 Å². The van der Waals surface area contributed by atoms with Gasteiger partial charge in [0, 0.05) is 24.3 Å². The molecule has 1 aromatic carbocycles. The van der Waals surface area contributed by atoms with E-state index < -0.39 is 0 Å². The number of carbonyl (C=O) groups is 2. The van der Waals surface area contributed by atoms with Gasteiger partial charge >= 0.3 is 0 Å². The van der Waals surface area contributed by atoms with E-state index in [1.165, 1.54) is 44.9 Å². The van der Waals surface area contributed by atoms with Crippen molar-refractivity contribution in [2.45, 2.75) is 70.6 Å². The minimum Gasteiger partial charge on any atom is -0.493 e. The molecule has 0 amide bonds. The van der Waals surface area contributed by atoms with Crippen molar-refractivity contribution in [3.63, 3.8) is 0 Å². The molecule has 0 aliphatic heterocycles. The van der Waals surface area contributed by atoms with Crippen LogP contribution in [0, 0.1) is 17.8 Å². The van der Waals surface area contributed by atoms with Gasteiger partial charge in [-0.05, 0) is 49.3 Å². The minimum atomic E-state index is -0.00763. The van der Waals surface area contributed by atoms with Gasteiger partial charge in [0.2, 0.25) is 0 Å². The molecule has 3 rings (SSSR count). The predicted octanol–water partition coefficient (Wildman–Crippen LogP) is 5.62. The van der Waals surface area contributed by atoms with Crippen LogP contribution in [0.1, 0.15) is 81.0 Å². The molecular weight excluding hydrogens is 352 g/mol. The molecule has 28 heavy (non-hydrogen) atoms. The molecule has 0 bridgehead atoms. The number of methoxy groups -OCH3 is 2. The van der Waals surface area contributed by atoms with Crippen LogP contribution in [-0.2, 0) is 4.79 Å². The number of ketones is 2. The molecule has 2 fully saturated rings. The van der Waals surface area contributed by atoms with Gasteiger partial charge in [-0.25, -0.2) is 0 Å². The minimum absolute atomic E-state index is 0.00763. The summed E-state index contributed by atoms with van der Waals surface area (Å²) < 4.78 is 10.5. The Morgan fingerprint density at radius 2 is 1.50 bits per heavy atom. The van der Waals surface area contributed by atoms with E-state index in [2.05, 4.69) is 0 Å². The Morgan fingerprint density at radius 3 is 2.21 bits per heavy atom. The molecule has 2 aliphatic rings. The zero-order chi connectivity index (χ0) is 19.9. The number of Topliss-reactive ketones (excluding diaryl/α,β-unsaturated/α-hetero) is 2. The molecule has 2 unspecified atom stereocenters.